The Labute approximate surface area is 135 Å². The van der Waals surface area contributed by atoms with E-state index in [0.29, 0.717) is 11.8 Å². The fourth-order valence-electron chi connectivity index (χ4n) is 4.69. The second kappa shape index (κ2) is 5.62. The van der Waals surface area contributed by atoms with E-state index >= 15 is 0 Å². The molecule has 23 heavy (non-hydrogen) atoms. The minimum absolute atomic E-state index is 0.0247. The summed E-state index contributed by atoms with van der Waals surface area (Å²) in [4.78, 5) is 28.8. The molecule has 4 rings (SSSR count). The summed E-state index contributed by atoms with van der Waals surface area (Å²) in [5, 5.41) is 3.18. The summed E-state index contributed by atoms with van der Waals surface area (Å²) < 4.78 is 4.97. The molecule has 3 saturated carbocycles. The Balaban J connectivity index is 1.42. The quantitative estimate of drug-likeness (QED) is 0.862. The van der Waals surface area contributed by atoms with E-state index < -0.39 is 0 Å². The topological polar surface area (TPSA) is 68.3 Å². The summed E-state index contributed by atoms with van der Waals surface area (Å²) in [5.74, 6) is 0.885. The molecule has 3 aliphatic rings. The number of amides is 1. The van der Waals surface area contributed by atoms with Crippen LogP contribution < -0.4 is 5.32 Å². The van der Waals surface area contributed by atoms with Crippen molar-refractivity contribution in [1.82, 2.24) is 10.3 Å². The zero-order chi connectivity index (χ0) is 16.0. The van der Waals surface area contributed by atoms with Crippen LogP contribution in [0.3, 0.4) is 0 Å². The largest absolute Gasteiger partial charge is 0.469 e. The van der Waals surface area contributed by atoms with E-state index in [1.54, 1.807) is 6.20 Å². The standard InChI is InChI=1S/C18H22N2O3/c1-23-18(22)15-10-4-5-11(7-10)16(15)20-17(21)14-8-13(14)12-3-2-6-19-9-12/h2-3,6,9-11,13-16H,4-5,7-8H2,1H3,(H,20,21). The SMILES string of the molecule is COC(=O)C1C2CCC(C2)C1NC(=O)C1CC1c1cccnc1. The third kappa shape index (κ3) is 2.52. The van der Waals surface area contributed by atoms with Gasteiger partial charge in [-0.3, -0.25) is 14.6 Å². The predicted molar refractivity (Wildman–Crippen MR) is 83.4 cm³/mol. The summed E-state index contributed by atoms with van der Waals surface area (Å²) in [5.41, 5.74) is 1.13. The van der Waals surface area contributed by atoms with Crippen LogP contribution in [0.1, 0.15) is 37.2 Å². The number of nitrogens with zero attached hydrogens (tertiary/aromatic N) is 1. The zero-order valence-electron chi connectivity index (χ0n) is 13.3. The van der Waals surface area contributed by atoms with Gasteiger partial charge in [0.25, 0.3) is 0 Å². The van der Waals surface area contributed by atoms with Gasteiger partial charge in [-0.25, -0.2) is 0 Å². The predicted octanol–water partition coefficient (Wildman–Crippen LogP) is 1.89. The van der Waals surface area contributed by atoms with Gasteiger partial charge in [-0.05, 0) is 55.1 Å². The van der Waals surface area contributed by atoms with Crippen LogP contribution in [-0.2, 0) is 14.3 Å². The van der Waals surface area contributed by atoms with E-state index in [1.165, 1.54) is 7.11 Å². The molecule has 0 aliphatic heterocycles. The monoisotopic (exact) mass is 314 g/mol. The number of aromatic nitrogens is 1. The summed E-state index contributed by atoms with van der Waals surface area (Å²) in [7, 11) is 1.44. The summed E-state index contributed by atoms with van der Waals surface area (Å²) in [6, 6.07) is 3.90. The number of hydrogen-bond acceptors (Lipinski definition) is 4. The highest BCUT2D eigenvalue weighted by Crippen LogP contribution is 2.51. The average Bonchev–Trinajstić information content (AvgIpc) is 3.15. The molecule has 1 aromatic heterocycles. The van der Waals surface area contributed by atoms with Gasteiger partial charge in [0.05, 0.1) is 13.0 Å². The van der Waals surface area contributed by atoms with Gasteiger partial charge in [0, 0.05) is 24.4 Å². The Morgan fingerprint density at radius 3 is 2.83 bits per heavy atom. The molecule has 6 unspecified atom stereocenters. The molecule has 0 aromatic carbocycles. The smallest absolute Gasteiger partial charge is 0.311 e. The molecule has 2 bridgehead atoms. The molecule has 0 spiro atoms. The lowest BCUT2D eigenvalue weighted by Crippen LogP contribution is -2.47. The van der Waals surface area contributed by atoms with Gasteiger partial charge in [0.1, 0.15) is 0 Å². The molecule has 1 aromatic rings. The first-order valence-corrected chi connectivity index (χ1v) is 8.47. The van der Waals surface area contributed by atoms with Crippen molar-refractivity contribution in [2.24, 2.45) is 23.7 Å². The Morgan fingerprint density at radius 2 is 2.09 bits per heavy atom. The molecule has 3 fully saturated rings. The molecule has 1 amide bonds. The van der Waals surface area contributed by atoms with Crippen molar-refractivity contribution in [3.05, 3.63) is 30.1 Å². The van der Waals surface area contributed by atoms with E-state index in [1.807, 2.05) is 18.3 Å². The number of methoxy groups -OCH3 is 1. The van der Waals surface area contributed by atoms with Crippen molar-refractivity contribution in [2.75, 3.05) is 7.11 Å². The maximum absolute atomic E-state index is 12.6. The molecular formula is C18H22N2O3. The Hall–Kier alpha value is -1.91. The van der Waals surface area contributed by atoms with Crippen molar-refractivity contribution in [1.29, 1.82) is 0 Å². The number of hydrogen-bond donors (Lipinski definition) is 1. The van der Waals surface area contributed by atoms with Crippen LogP contribution >= 0.6 is 0 Å². The van der Waals surface area contributed by atoms with Crippen LogP contribution in [0.5, 0.6) is 0 Å². The Bertz CT molecular complexity index is 618. The fraction of sp³-hybridized carbons (Fsp3) is 0.611. The van der Waals surface area contributed by atoms with Crippen LogP contribution in [0.2, 0.25) is 0 Å². The highest BCUT2D eigenvalue weighted by atomic mass is 16.5. The van der Waals surface area contributed by atoms with Crippen LogP contribution in [0.25, 0.3) is 0 Å². The van der Waals surface area contributed by atoms with Crippen LogP contribution in [0.4, 0.5) is 0 Å². The van der Waals surface area contributed by atoms with Gasteiger partial charge in [0.15, 0.2) is 0 Å². The minimum Gasteiger partial charge on any atom is -0.469 e. The van der Waals surface area contributed by atoms with Crippen molar-refractivity contribution in [3.63, 3.8) is 0 Å². The van der Waals surface area contributed by atoms with Gasteiger partial charge in [0.2, 0.25) is 5.91 Å². The van der Waals surface area contributed by atoms with Crippen molar-refractivity contribution < 1.29 is 14.3 Å². The molecule has 0 saturated heterocycles. The lowest BCUT2D eigenvalue weighted by molar-refractivity contribution is -0.148. The van der Waals surface area contributed by atoms with E-state index in [2.05, 4.69) is 10.3 Å². The summed E-state index contributed by atoms with van der Waals surface area (Å²) in [6.07, 6.45) is 7.70. The first kappa shape index (κ1) is 14.7. The van der Waals surface area contributed by atoms with Crippen LogP contribution in [-0.4, -0.2) is 30.0 Å². The van der Waals surface area contributed by atoms with Gasteiger partial charge in [-0.15, -0.1) is 0 Å². The number of ether oxygens (including phenoxy) is 1. The molecular weight excluding hydrogens is 292 g/mol. The number of carbonyl (C=O) groups is 2. The average molecular weight is 314 g/mol. The van der Waals surface area contributed by atoms with Crippen LogP contribution in [0, 0.1) is 23.7 Å². The highest BCUT2D eigenvalue weighted by Gasteiger charge is 2.53. The molecule has 6 atom stereocenters. The highest BCUT2D eigenvalue weighted by molar-refractivity contribution is 5.84. The first-order chi connectivity index (χ1) is 11.2. The second-order valence-corrected chi connectivity index (χ2v) is 7.15. The maximum atomic E-state index is 12.6. The molecule has 122 valence electrons. The first-order valence-electron chi connectivity index (χ1n) is 8.47. The van der Waals surface area contributed by atoms with Gasteiger partial charge < -0.3 is 10.1 Å². The number of fused-ring (bicyclic) bond motifs is 2. The second-order valence-electron chi connectivity index (χ2n) is 7.15. The minimum atomic E-state index is -0.165. The van der Waals surface area contributed by atoms with E-state index in [0.717, 1.165) is 31.2 Å². The van der Waals surface area contributed by atoms with E-state index in [9.17, 15) is 9.59 Å². The fourth-order valence-corrected chi connectivity index (χ4v) is 4.69. The molecule has 0 radical (unpaired) electrons. The van der Waals surface area contributed by atoms with Crippen molar-refractivity contribution in [2.45, 2.75) is 37.6 Å². The van der Waals surface area contributed by atoms with Crippen LogP contribution in [0.15, 0.2) is 24.5 Å². The van der Waals surface area contributed by atoms with Gasteiger partial charge in [-0.2, -0.15) is 0 Å². The zero-order valence-corrected chi connectivity index (χ0v) is 13.3. The summed E-state index contributed by atoms with van der Waals surface area (Å²) >= 11 is 0. The number of pyridine rings is 1. The van der Waals surface area contributed by atoms with Gasteiger partial charge >= 0.3 is 5.97 Å². The number of carbonyl (C=O) groups excluding carboxylic acids is 2. The maximum Gasteiger partial charge on any atom is 0.311 e. The Morgan fingerprint density at radius 1 is 1.26 bits per heavy atom. The van der Waals surface area contributed by atoms with E-state index in [4.69, 9.17) is 4.74 Å². The molecule has 5 nitrogen and oxygen atoms in total. The normalized spacial score (nSPS) is 37.4. The van der Waals surface area contributed by atoms with Gasteiger partial charge in [-0.1, -0.05) is 6.07 Å². The molecule has 3 aliphatic carbocycles. The number of nitrogens with one attached hydrogen (secondary N) is 1. The lowest BCUT2D eigenvalue weighted by Gasteiger charge is -2.29. The summed E-state index contributed by atoms with van der Waals surface area (Å²) in [6.45, 7) is 0. The lowest BCUT2D eigenvalue weighted by atomic mass is 9.84. The molecule has 1 heterocycles. The number of esters is 1. The molecule has 5 heteroatoms. The van der Waals surface area contributed by atoms with E-state index in [-0.39, 0.29) is 35.7 Å². The van der Waals surface area contributed by atoms with Crippen molar-refractivity contribution >= 4 is 11.9 Å². The number of rotatable bonds is 4. The van der Waals surface area contributed by atoms with Crippen molar-refractivity contribution in [3.8, 4) is 0 Å². The third-order valence-corrected chi connectivity index (χ3v) is 5.94. The Kier molecular flexibility index (Phi) is 3.58. The molecule has 1 N–H and O–H groups in total. The third-order valence-electron chi connectivity index (χ3n) is 5.94.